The van der Waals surface area contributed by atoms with Gasteiger partial charge < -0.3 is 9.84 Å². The molecule has 0 saturated carbocycles. The lowest BCUT2D eigenvalue weighted by Gasteiger charge is -2.14. The third-order valence-electron chi connectivity index (χ3n) is 3.13. The number of aliphatic hydroxyl groups excluding tert-OH is 1. The second-order valence-corrected chi connectivity index (χ2v) is 4.13. The Balaban J connectivity index is 2.20. The first-order valence-corrected chi connectivity index (χ1v) is 5.58. The molecule has 1 aliphatic carbocycles. The van der Waals surface area contributed by atoms with Crippen LogP contribution in [0.4, 0.5) is 0 Å². The average molecular weight is 220 g/mol. The van der Waals surface area contributed by atoms with Gasteiger partial charge in [0.05, 0.1) is 19.6 Å². The Morgan fingerprint density at radius 1 is 1.50 bits per heavy atom. The summed E-state index contributed by atoms with van der Waals surface area (Å²) in [6.45, 7) is 0. The zero-order valence-electron chi connectivity index (χ0n) is 9.40. The Bertz CT molecular complexity index is 398. The van der Waals surface area contributed by atoms with E-state index in [1.54, 1.807) is 0 Å². The van der Waals surface area contributed by atoms with E-state index in [1.165, 1.54) is 18.2 Å². The monoisotopic (exact) mass is 220 g/mol. The molecule has 3 heteroatoms. The first-order valence-electron chi connectivity index (χ1n) is 5.58. The van der Waals surface area contributed by atoms with Gasteiger partial charge in [-0.15, -0.1) is 0 Å². The van der Waals surface area contributed by atoms with E-state index in [2.05, 4.69) is 10.8 Å². The van der Waals surface area contributed by atoms with Crippen molar-refractivity contribution in [2.24, 2.45) is 0 Å². The van der Waals surface area contributed by atoms with E-state index < -0.39 is 6.10 Å². The summed E-state index contributed by atoms with van der Waals surface area (Å²) >= 11 is 0. The predicted octanol–water partition coefficient (Wildman–Crippen LogP) is 1.77. The summed E-state index contributed by atoms with van der Waals surface area (Å²) < 4.78 is 4.56. The van der Waals surface area contributed by atoms with Crippen molar-refractivity contribution in [2.75, 3.05) is 7.11 Å². The summed E-state index contributed by atoms with van der Waals surface area (Å²) in [6, 6.07) is 5.94. The predicted molar refractivity (Wildman–Crippen MR) is 60.1 cm³/mol. The summed E-state index contributed by atoms with van der Waals surface area (Å²) in [5.74, 6) is -0.372. The Morgan fingerprint density at radius 2 is 2.31 bits per heavy atom. The van der Waals surface area contributed by atoms with Gasteiger partial charge in [0.2, 0.25) is 0 Å². The number of hydrogen-bond acceptors (Lipinski definition) is 3. The highest BCUT2D eigenvalue weighted by molar-refractivity contribution is 5.70. The lowest BCUT2D eigenvalue weighted by atomic mass is 9.97. The minimum Gasteiger partial charge on any atom is -0.469 e. The van der Waals surface area contributed by atoms with Gasteiger partial charge in [0, 0.05) is 0 Å². The number of benzene rings is 1. The standard InChI is InChI=1S/C13H16O3/c1-16-13(15)8-12(14)11-7-3-5-9-4-2-6-10(9)11/h3,5,7,12,14H,2,4,6,8H2,1H3/t12-/m0/s1. The highest BCUT2D eigenvalue weighted by Crippen LogP contribution is 2.30. The molecule has 0 aromatic heterocycles. The molecule has 1 atom stereocenters. The highest BCUT2D eigenvalue weighted by Gasteiger charge is 2.20. The smallest absolute Gasteiger partial charge is 0.308 e. The number of hydrogen-bond donors (Lipinski definition) is 1. The van der Waals surface area contributed by atoms with Crippen LogP contribution in [0.15, 0.2) is 18.2 Å². The summed E-state index contributed by atoms with van der Waals surface area (Å²) in [6.07, 6.45) is 2.52. The van der Waals surface area contributed by atoms with Crippen molar-refractivity contribution in [3.05, 3.63) is 34.9 Å². The lowest BCUT2D eigenvalue weighted by molar-refractivity contribution is -0.142. The molecule has 0 amide bonds. The Morgan fingerprint density at radius 3 is 3.06 bits per heavy atom. The van der Waals surface area contributed by atoms with Crippen molar-refractivity contribution in [1.82, 2.24) is 0 Å². The molecule has 0 saturated heterocycles. The van der Waals surface area contributed by atoms with Gasteiger partial charge >= 0.3 is 5.97 Å². The van der Waals surface area contributed by atoms with Crippen molar-refractivity contribution in [3.63, 3.8) is 0 Å². The van der Waals surface area contributed by atoms with Gasteiger partial charge in [-0.3, -0.25) is 4.79 Å². The molecule has 1 aromatic carbocycles. The number of methoxy groups -OCH3 is 1. The summed E-state index contributed by atoms with van der Waals surface area (Å²) in [5, 5.41) is 9.99. The average Bonchev–Trinajstić information content (AvgIpc) is 2.76. The van der Waals surface area contributed by atoms with E-state index >= 15 is 0 Å². The number of carbonyl (C=O) groups is 1. The molecule has 16 heavy (non-hydrogen) atoms. The van der Waals surface area contributed by atoms with Crippen LogP contribution in [0, 0.1) is 0 Å². The Hall–Kier alpha value is -1.35. The first kappa shape index (κ1) is 11.1. The van der Waals surface area contributed by atoms with Crippen LogP contribution in [-0.4, -0.2) is 18.2 Å². The fourth-order valence-corrected chi connectivity index (χ4v) is 2.31. The minimum atomic E-state index is -0.736. The molecule has 3 nitrogen and oxygen atoms in total. The van der Waals surface area contributed by atoms with Crippen molar-refractivity contribution < 1.29 is 14.6 Å². The number of ether oxygens (including phenoxy) is 1. The largest absolute Gasteiger partial charge is 0.469 e. The van der Waals surface area contributed by atoms with Crippen LogP contribution in [0.3, 0.4) is 0 Å². The van der Waals surface area contributed by atoms with Crippen molar-refractivity contribution in [3.8, 4) is 0 Å². The third-order valence-corrected chi connectivity index (χ3v) is 3.13. The Labute approximate surface area is 95.0 Å². The van der Waals surface area contributed by atoms with Crippen molar-refractivity contribution >= 4 is 5.97 Å². The third kappa shape index (κ3) is 2.09. The summed E-state index contributed by atoms with van der Waals surface area (Å²) in [5.41, 5.74) is 3.42. The number of esters is 1. The SMILES string of the molecule is COC(=O)C[C@H](O)c1cccc2c1CCC2. The fraction of sp³-hybridized carbons (Fsp3) is 0.462. The molecule has 0 spiro atoms. The van der Waals surface area contributed by atoms with Crippen LogP contribution in [0.2, 0.25) is 0 Å². The zero-order chi connectivity index (χ0) is 11.5. The molecular formula is C13H16O3. The molecule has 1 aliphatic rings. The maximum atomic E-state index is 11.1. The second kappa shape index (κ2) is 4.66. The Kier molecular flexibility index (Phi) is 3.25. The van der Waals surface area contributed by atoms with Gasteiger partial charge in [0.25, 0.3) is 0 Å². The molecule has 1 N–H and O–H groups in total. The maximum Gasteiger partial charge on any atom is 0.308 e. The summed E-state index contributed by atoms with van der Waals surface area (Å²) in [7, 11) is 1.34. The molecule has 0 aliphatic heterocycles. The highest BCUT2D eigenvalue weighted by atomic mass is 16.5. The number of aliphatic hydroxyl groups is 1. The van der Waals surface area contributed by atoms with E-state index in [0.29, 0.717) is 0 Å². The fourth-order valence-electron chi connectivity index (χ4n) is 2.31. The normalized spacial score (nSPS) is 15.6. The molecule has 0 fully saturated rings. The molecule has 1 aromatic rings. The molecular weight excluding hydrogens is 204 g/mol. The summed E-state index contributed by atoms with van der Waals surface area (Å²) in [4.78, 5) is 11.1. The van der Waals surface area contributed by atoms with Crippen molar-refractivity contribution in [1.29, 1.82) is 0 Å². The van der Waals surface area contributed by atoms with Gasteiger partial charge in [-0.1, -0.05) is 18.2 Å². The van der Waals surface area contributed by atoms with Gasteiger partial charge in [-0.25, -0.2) is 0 Å². The minimum absolute atomic E-state index is 0.0347. The number of fused-ring (bicyclic) bond motifs is 1. The van der Waals surface area contributed by atoms with Crippen LogP contribution in [0.1, 0.15) is 35.6 Å². The van der Waals surface area contributed by atoms with Crippen LogP contribution >= 0.6 is 0 Å². The van der Waals surface area contributed by atoms with Gasteiger partial charge in [-0.2, -0.15) is 0 Å². The van der Waals surface area contributed by atoms with Crippen LogP contribution in [0.25, 0.3) is 0 Å². The molecule has 0 heterocycles. The van der Waals surface area contributed by atoms with Crippen LogP contribution in [0.5, 0.6) is 0 Å². The van der Waals surface area contributed by atoms with Gasteiger partial charge in [0.1, 0.15) is 0 Å². The maximum absolute atomic E-state index is 11.1. The molecule has 0 radical (unpaired) electrons. The van der Waals surface area contributed by atoms with E-state index in [0.717, 1.165) is 24.8 Å². The quantitative estimate of drug-likeness (QED) is 0.790. The first-order chi connectivity index (χ1) is 7.72. The molecule has 2 rings (SSSR count). The van der Waals surface area contributed by atoms with Crippen LogP contribution < -0.4 is 0 Å². The van der Waals surface area contributed by atoms with Crippen LogP contribution in [-0.2, 0) is 22.4 Å². The second-order valence-electron chi connectivity index (χ2n) is 4.13. The number of carbonyl (C=O) groups excluding carboxylic acids is 1. The molecule has 0 bridgehead atoms. The zero-order valence-corrected chi connectivity index (χ0v) is 9.40. The van der Waals surface area contributed by atoms with E-state index in [9.17, 15) is 9.90 Å². The molecule has 86 valence electrons. The number of aryl methyl sites for hydroxylation is 1. The molecule has 0 unspecified atom stereocenters. The van der Waals surface area contributed by atoms with Gasteiger partial charge in [-0.05, 0) is 36.0 Å². The lowest BCUT2D eigenvalue weighted by Crippen LogP contribution is -2.09. The van der Waals surface area contributed by atoms with E-state index in [4.69, 9.17) is 0 Å². The van der Waals surface area contributed by atoms with E-state index in [1.807, 2.05) is 12.1 Å². The van der Waals surface area contributed by atoms with E-state index in [-0.39, 0.29) is 12.4 Å². The van der Waals surface area contributed by atoms with Gasteiger partial charge in [0.15, 0.2) is 0 Å². The topological polar surface area (TPSA) is 46.5 Å². The van der Waals surface area contributed by atoms with Crippen molar-refractivity contribution in [2.45, 2.75) is 31.8 Å². The number of rotatable bonds is 3.